The van der Waals surface area contributed by atoms with E-state index in [2.05, 4.69) is 5.32 Å². The molecule has 106 valence electrons. The first-order chi connectivity index (χ1) is 9.52. The molecule has 1 heterocycles. The van der Waals surface area contributed by atoms with Crippen molar-refractivity contribution in [3.8, 4) is 0 Å². The predicted molar refractivity (Wildman–Crippen MR) is 72.4 cm³/mol. The highest BCUT2D eigenvalue weighted by Crippen LogP contribution is 2.21. The number of benzene rings is 1. The zero-order valence-corrected chi connectivity index (χ0v) is 11.5. The Morgan fingerprint density at radius 2 is 2.25 bits per heavy atom. The summed E-state index contributed by atoms with van der Waals surface area (Å²) in [5.41, 5.74) is 0.464. The number of nitrogens with zero attached hydrogens (tertiary/aromatic N) is 1. The SMILES string of the molecule is CCOC(=O)[C@H]1CN(c2cccc(Cl)c2)C(=O)C(=O)N1. The van der Waals surface area contributed by atoms with E-state index in [0.29, 0.717) is 10.7 Å². The lowest BCUT2D eigenvalue weighted by Gasteiger charge is -2.31. The minimum absolute atomic E-state index is 0.0176. The molecule has 1 aliphatic heterocycles. The Kier molecular flexibility index (Phi) is 4.24. The number of rotatable bonds is 3. The van der Waals surface area contributed by atoms with Crippen LogP contribution in [0, 0.1) is 0 Å². The number of halogens is 1. The predicted octanol–water partition coefficient (Wildman–Crippen LogP) is 0.734. The van der Waals surface area contributed by atoms with E-state index in [1.807, 2.05) is 0 Å². The normalized spacial score (nSPS) is 18.7. The molecule has 1 N–H and O–H groups in total. The molecule has 0 unspecified atom stereocenters. The lowest BCUT2D eigenvalue weighted by Crippen LogP contribution is -2.60. The number of amides is 2. The van der Waals surface area contributed by atoms with Gasteiger partial charge in [0.2, 0.25) is 0 Å². The van der Waals surface area contributed by atoms with E-state index in [4.69, 9.17) is 16.3 Å². The zero-order chi connectivity index (χ0) is 14.7. The summed E-state index contributed by atoms with van der Waals surface area (Å²) in [4.78, 5) is 36.4. The van der Waals surface area contributed by atoms with Crippen molar-refractivity contribution >= 4 is 35.1 Å². The van der Waals surface area contributed by atoms with Crippen molar-refractivity contribution in [2.45, 2.75) is 13.0 Å². The van der Waals surface area contributed by atoms with E-state index in [0.717, 1.165) is 0 Å². The fourth-order valence-corrected chi connectivity index (χ4v) is 2.08. The minimum atomic E-state index is -0.876. The van der Waals surface area contributed by atoms with Gasteiger partial charge >= 0.3 is 17.8 Å². The summed E-state index contributed by atoms with van der Waals surface area (Å²) in [5, 5.41) is 2.77. The molecule has 0 bridgehead atoms. The van der Waals surface area contributed by atoms with Gasteiger partial charge in [0.05, 0.1) is 13.2 Å². The molecular weight excluding hydrogens is 284 g/mol. The Hall–Kier alpha value is -2.08. The number of anilines is 1. The van der Waals surface area contributed by atoms with Crippen LogP contribution in [-0.2, 0) is 19.1 Å². The van der Waals surface area contributed by atoms with Gasteiger partial charge in [0.1, 0.15) is 6.04 Å². The third-order valence-electron chi connectivity index (χ3n) is 2.80. The molecule has 2 rings (SSSR count). The van der Waals surface area contributed by atoms with E-state index in [9.17, 15) is 14.4 Å². The second-order valence-electron chi connectivity index (χ2n) is 4.17. The van der Waals surface area contributed by atoms with E-state index >= 15 is 0 Å². The second kappa shape index (κ2) is 5.92. The van der Waals surface area contributed by atoms with Crippen molar-refractivity contribution in [1.29, 1.82) is 0 Å². The van der Waals surface area contributed by atoms with Crippen LogP contribution in [0.3, 0.4) is 0 Å². The van der Waals surface area contributed by atoms with E-state index in [-0.39, 0.29) is 13.2 Å². The Morgan fingerprint density at radius 3 is 2.90 bits per heavy atom. The van der Waals surface area contributed by atoms with Crippen molar-refractivity contribution in [1.82, 2.24) is 5.32 Å². The fourth-order valence-electron chi connectivity index (χ4n) is 1.90. The maximum Gasteiger partial charge on any atom is 0.330 e. The summed E-state index contributed by atoms with van der Waals surface area (Å²) in [6, 6.07) is 5.64. The fraction of sp³-hybridized carbons (Fsp3) is 0.308. The van der Waals surface area contributed by atoms with Crippen LogP contribution in [0.15, 0.2) is 24.3 Å². The molecule has 1 aliphatic rings. The molecule has 2 amide bonds. The quantitative estimate of drug-likeness (QED) is 0.659. The first kappa shape index (κ1) is 14.3. The van der Waals surface area contributed by atoms with E-state index < -0.39 is 23.8 Å². The van der Waals surface area contributed by atoms with Gasteiger partial charge in [0, 0.05) is 10.7 Å². The molecule has 1 saturated heterocycles. The number of ether oxygens (including phenoxy) is 1. The number of hydrogen-bond acceptors (Lipinski definition) is 4. The molecule has 20 heavy (non-hydrogen) atoms. The lowest BCUT2D eigenvalue weighted by molar-refractivity contribution is -0.149. The average Bonchev–Trinajstić information content (AvgIpc) is 2.42. The third-order valence-corrected chi connectivity index (χ3v) is 3.04. The van der Waals surface area contributed by atoms with Gasteiger partial charge in [-0.1, -0.05) is 17.7 Å². The van der Waals surface area contributed by atoms with Crippen molar-refractivity contribution in [3.05, 3.63) is 29.3 Å². The van der Waals surface area contributed by atoms with Crippen LogP contribution in [0.4, 0.5) is 5.69 Å². The van der Waals surface area contributed by atoms with Crippen molar-refractivity contribution < 1.29 is 19.1 Å². The summed E-state index contributed by atoms with van der Waals surface area (Å²) in [7, 11) is 0. The van der Waals surface area contributed by atoms with Gasteiger partial charge in [0.25, 0.3) is 0 Å². The Balaban J connectivity index is 2.25. The number of hydrogen-bond donors (Lipinski definition) is 1. The van der Waals surface area contributed by atoms with Gasteiger partial charge in [-0.05, 0) is 25.1 Å². The molecule has 1 aromatic carbocycles. The highest BCUT2D eigenvalue weighted by atomic mass is 35.5. The minimum Gasteiger partial charge on any atom is -0.464 e. The molecule has 0 aliphatic carbocycles. The van der Waals surface area contributed by atoms with Crippen LogP contribution in [0.5, 0.6) is 0 Å². The highest BCUT2D eigenvalue weighted by molar-refractivity contribution is 6.41. The Morgan fingerprint density at radius 1 is 1.50 bits per heavy atom. The maximum absolute atomic E-state index is 11.9. The average molecular weight is 297 g/mol. The van der Waals surface area contributed by atoms with Crippen LogP contribution in [0.25, 0.3) is 0 Å². The van der Waals surface area contributed by atoms with Crippen LogP contribution in [-0.4, -0.2) is 37.0 Å². The molecule has 0 spiro atoms. The lowest BCUT2D eigenvalue weighted by atomic mass is 10.1. The smallest absolute Gasteiger partial charge is 0.330 e. The van der Waals surface area contributed by atoms with E-state index in [1.54, 1.807) is 31.2 Å². The van der Waals surface area contributed by atoms with Crippen molar-refractivity contribution in [3.63, 3.8) is 0 Å². The van der Waals surface area contributed by atoms with Gasteiger partial charge < -0.3 is 15.0 Å². The third kappa shape index (κ3) is 2.91. The Labute approximate surface area is 120 Å². The molecule has 6 nitrogen and oxygen atoms in total. The molecule has 1 atom stereocenters. The first-order valence-corrected chi connectivity index (χ1v) is 6.45. The number of piperazine rings is 1. The summed E-state index contributed by atoms with van der Waals surface area (Å²) in [6.07, 6.45) is 0. The molecule has 7 heteroatoms. The van der Waals surface area contributed by atoms with Gasteiger partial charge in [-0.25, -0.2) is 4.79 Å². The largest absolute Gasteiger partial charge is 0.464 e. The number of nitrogens with one attached hydrogen (secondary N) is 1. The monoisotopic (exact) mass is 296 g/mol. The summed E-state index contributed by atoms with van der Waals surface area (Å²) in [5.74, 6) is -2.14. The molecule has 1 fully saturated rings. The van der Waals surface area contributed by atoms with Gasteiger partial charge in [-0.3, -0.25) is 9.59 Å². The summed E-state index contributed by atoms with van der Waals surface area (Å²) in [6.45, 7) is 1.89. The van der Waals surface area contributed by atoms with Crippen molar-refractivity contribution in [2.75, 3.05) is 18.1 Å². The topological polar surface area (TPSA) is 75.7 Å². The Bertz CT molecular complexity index is 561. The molecule has 0 saturated carbocycles. The molecule has 1 aromatic rings. The van der Waals surface area contributed by atoms with Crippen LogP contribution >= 0.6 is 11.6 Å². The standard InChI is InChI=1S/C13H13ClN2O4/c1-2-20-13(19)10-7-16(12(18)11(17)15-10)9-5-3-4-8(14)6-9/h3-6,10H,2,7H2,1H3,(H,15,17)/t10-/m1/s1. The molecule has 0 radical (unpaired) electrons. The first-order valence-electron chi connectivity index (χ1n) is 6.07. The van der Waals surface area contributed by atoms with Crippen molar-refractivity contribution in [2.24, 2.45) is 0 Å². The number of esters is 1. The van der Waals surface area contributed by atoms with Crippen LogP contribution in [0.1, 0.15) is 6.92 Å². The van der Waals surface area contributed by atoms with E-state index in [1.165, 1.54) is 4.90 Å². The number of carbonyl (C=O) groups is 3. The number of carbonyl (C=O) groups excluding carboxylic acids is 3. The molecule has 0 aromatic heterocycles. The van der Waals surface area contributed by atoms with Crippen LogP contribution in [0.2, 0.25) is 5.02 Å². The van der Waals surface area contributed by atoms with Gasteiger partial charge in [-0.15, -0.1) is 0 Å². The summed E-state index contributed by atoms with van der Waals surface area (Å²) >= 11 is 5.87. The van der Waals surface area contributed by atoms with Gasteiger partial charge in [0.15, 0.2) is 0 Å². The summed E-state index contributed by atoms with van der Waals surface area (Å²) < 4.78 is 4.86. The van der Waals surface area contributed by atoms with Gasteiger partial charge in [-0.2, -0.15) is 0 Å². The maximum atomic E-state index is 11.9. The second-order valence-corrected chi connectivity index (χ2v) is 4.61. The molecular formula is C13H13ClN2O4. The zero-order valence-electron chi connectivity index (χ0n) is 10.8. The highest BCUT2D eigenvalue weighted by Gasteiger charge is 2.37. The van der Waals surface area contributed by atoms with Crippen LogP contribution < -0.4 is 10.2 Å².